The first-order valence-electron chi connectivity index (χ1n) is 4.26. The summed E-state index contributed by atoms with van der Waals surface area (Å²) in [6.07, 6.45) is 0. The van der Waals surface area contributed by atoms with Gasteiger partial charge in [-0.1, -0.05) is 6.07 Å². The molecule has 1 N–H and O–H groups in total. The minimum atomic E-state index is -0.832. The number of hydrogen-bond acceptors (Lipinski definition) is 1. The van der Waals surface area contributed by atoms with Crippen LogP contribution in [0.3, 0.4) is 0 Å². The summed E-state index contributed by atoms with van der Waals surface area (Å²) in [6, 6.07) is 2.02. The summed E-state index contributed by atoms with van der Waals surface area (Å²) in [5, 5.41) is 9.00. The van der Waals surface area contributed by atoms with E-state index in [2.05, 4.69) is 0 Å². The Balaban J connectivity index is 3.56. The second-order valence-electron chi connectivity index (χ2n) is 3.44. The summed E-state index contributed by atoms with van der Waals surface area (Å²) in [5.74, 6) is -0.832. The molecule has 0 atom stereocenters. The van der Waals surface area contributed by atoms with Gasteiger partial charge in [0, 0.05) is 0 Å². The second kappa shape index (κ2) is 3.21. The van der Waals surface area contributed by atoms with Gasteiger partial charge in [0.2, 0.25) is 0 Å². The molecule has 0 heterocycles. The highest BCUT2D eigenvalue weighted by Crippen LogP contribution is 2.21. The Morgan fingerprint density at radius 3 is 1.77 bits per heavy atom. The first-order chi connectivity index (χ1) is 5.95. The largest absolute Gasteiger partial charge is 0.478 e. The molecule has 0 spiro atoms. The van der Waals surface area contributed by atoms with Crippen molar-refractivity contribution in [2.75, 3.05) is 0 Å². The lowest BCUT2D eigenvalue weighted by Gasteiger charge is -2.11. The van der Waals surface area contributed by atoms with Crippen molar-refractivity contribution in [1.29, 1.82) is 0 Å². The van der Waals surface area contributed by atoms with Crippen molar-refractivity contribution in [3.63, 3.8) is 0 Å². The average molecular weight is 178 g/mol. The van der Waals surface area contributed by atoms with Crippen LogP contribution in [0.2, 0.25) is 0 Å². The summed E-state index contributed by atoms with van der Waals surface area (Å²) in [7, 11) is 0. The van der Waals surface area contributed by atoms with Crippen LogP contribution < -0.4 is 0 Å². The van der Waals surface area contributed by atoms with Gasteiger partial charge in [0.15, 0.2) is 0 Å². The standard InChI is InChI=1S/C11H14O2/c1-6-5-7(2)9(4)10(8(6)3)11(12)13/h5H,1-4H3,(H,12,13). The van der Waals surface area contributed by atoms with Gasteiger partial charge in [0.25, 0.3) is 0 Å². The van der Waals surface area contributed by atoms with Gasteiger partial charge in [-0.25, -0.2) is 4.79 Å². The Morgan fingerprint density at radius 1 is 1.08 bits per heavy atom. The maximum Gasteiger partial charge on any atom is 0.336 e. The predicted molar refractivity (Wildman–Crippen MR) is 52.3 cm³/mol. The third kappa shape index (κ3) is 1.57. The minimum Gasteiger partial charge on any atom is -0.478 e. The van der Waals surface area contributed by atoms with E-state index in [0.717, 1.165) is 22.3 Å². The van der Waals surface area contributed by atoms with Gasteiger partial charge in [0.1, 0.15) is 0 Å². The second-order valence-corrected chi connectivity index (χ2v) is 3.44. The van der Waals surface area contributed by atoms with Crippen LogP contribution in [0.1, 0.15) is 32.6 Å². The first kappa shape index (κ1) is 9.78. The maximum atomic E-state index is 10.9. The number of carboxylic acid groups (broad SMARTS) is 1. The highest BCUT2D eigenvalue weighted by Gasteiger charge is 2.13. The van der Waals surface area contributed by atoms with Gasteiger partial charge >= 0.3 is 5.97 Å². The Kier molecular flexibility index (Phi) is 2.41. The van der Waals surface area contributed by atoms with E-state index in [1.54, 1.807) is 0 Å². The molecule has 0 aromatic heterocycles. The summed E-state index contributed by atoms with van der Waals surface area (Å²) in [6.45, 7) is 7.58. The third-order valence-electron chi connectivity index (χ3n) is 2.58. The number of aromatic carboxylic acids is 1. The van der Waals surface area contributed by atoms with Crippen molar-refractivity contribution >= 4 is 5.97 Å². The van der Waals surface area contributed by atoms with Crippen molar-refractivity contribution in [1.82, 2.24) is 0 Å². The molecule has 0 bridgehead atoms. The molecule has 1 aromatic rings. The van der Waals surface area contributed by atoms with Gasteiger partial charge in [-0.2, -0.15) is 0 Å². The molecule has 0 amide bonds. The van der Waals surface area contributed by atoms with Gasteiger partial charge < -0.3 is 5.11 Å². The lowest BCUT2D eigenvalue weighted by atomic mass is 9.94. The number of carboxylic acids is 1. The molecule has 0 radical (unpaired) electrons. The van der Waals surface area contributed by atoms with E-state index < -0.39 is 5.97 Å². The lowest BCUT2D eigenvalue weighted by Crippen LogP contribution is -2.06. The van der Waals surface area contributed by atoms with Crippen LogP contribution in [0.5, 0.6) is 0 Å². The molecule has 1 aromatic carbocycles. The smallest absolute Gasteiger partial charge is 0.336 e. The summed E-state index contributed by atoms with van der Waals surface area (Å²) >= 11 is 0. The van der Waals surface area contributed by atoms with E-state index in [4.69, 9.17) is 5.11 Å². The highest BCUT2D eigenvalue weighted by molar-refractivity contribution is 5.91. The van der Waals surface area contributed by atoms with E-state index >= 15 is 0 Å². The summed E-state index contributed by atoms with van der Waals surface area (Å²) in [5.41, 5.74) is 4.28. The van der Waals surface area contributed by atoms with Crippen molar-refractivity contribution in [3.8, 4) is 0 Å². The Hall–Kier alpha value is -1.31. The van der Waals surface area contributed by atoms with Gasteiger partial charge in [-0.05, 0) is 49.9 Å². The molecule has 0 aliphatic carbocycles. The maximum absolute atomic E-state index is 10.9. The Bertz CT molecular complexity index is 339. The Morgan fingerprint density at radius 2 is 1.46 bits per heavy atom. The fourth-order valence-corrected chi connectivity index (χ4v) is 1.54. The summed E-state index contributed by atoms with van der Waals surface area (Å²) in [4.78, 5) is 10.9. The van der Waals surface area contributed by atoms with E-state index in [-0.39, 0.29) is 0 Å². The molecule has 0 aliphatic rings. The zero-order chi connectivity index (χ0) is 10.2. The molecular weight excluding hydrogens is 164 g/mol. The number of aryl methyl sites for hydroxylation is 2. The van der Waals surface area contributed by atoms with Crippen molar-refractivity contribution in [2.45, 2.75) is 27.7 Å². The van der Waals surface area contributed by atoms with E-state index in [0.29, 0.717) is 5.56 Å². The highest BCUT2D eigenvalue weighted by atomic mass is 16.4. The monoisotopic (exact) mass is 178 g/mol. The predicted octanol–water partition coefficient (Wildman–Crippen LogP) is 2.62. The van der Waals surface area contributed by atoms with E-state index in [1.807, 2.05) is 33.8 Å². The van der Waals surface area contributed by atoms with Crippen LogP contribution in [-0.4, -0.2) is 11.1 Å². The SMILES string of the molecule is Cc1cc(C)c(C)c(C(=O)O)c1C. The molecule has 2 heteroatoms. The zero-order valence-corrected chi connectivity index (χ0v) is 8.43. The molecule has 13 heavy (non-hydrogen) atoms. The van der Waals surface area contributed by atoms with Crippen molar-refractivity contribution in [2.24, 2.45) is 0 Å². The lowest BCUT2D eigenvalue weighted by molar-refractivity contribution is 0.0695. The molecular formula is C11H14O2. The minimum absolute atomic E-state index is 0.456. The summed E-state index contributed by atoms with van der Waals surface area (Å²) < 4.78 is 0. The fourth-order valence-electron chi connectivity index (χ4n) is 1.54. The molecule has 2 nitrogen and oxygen atoms in total. The van der Waals surface area contributed by atoms with Crippen LogP contribution in [-0.2, 0) is 0 Å². The van der Waals surface area contributed by atoms with Gasteiger partial charge in [0.05, 0.1) is 5.56 Å². The number of hydrogen-bond donors (Lipinski definition) is 1. The van der Waals surface area contributed by atoms with Crippen molar-refractivity contribution < 1.29 is 9.90 Å². The normalized spacial score (nSPS) is 10.2. The molecule has 0 aliphatic heterocycles. The van der Waals surface area contributed by atoms with Crippen LogP contribution in [0.15, 0.2) is 6.07 Å². The van der Waals surface area contributed by atoms with Crippen LogP contribution in [0.4, 0.5) is 0 Å². The molecule has 0 fully saturated rings. The van der Waals surface area contributed by atoms with E-state index in [1.165, 1.54) is 0 Å². The topological polar surface area (TPSA) is 37.3 Å². The van der Waals surface area contributed by atoms with Crippen LogP contribution in [0, 0.1) is 27.7 Å². The quantitative estimate of drug-likeness (QED) is 0.717. The average Bonchev–Trinajstić information content (AvgIpc) is 2.01. The Labute approximate surface area is 78.2 Å². The number of benzene rings is 1. The molecule has 0 unspecified atom stereocenters. The molecule has 0 saturated carbocycles. The van der Waals surface area contributed by atoms with Crippen LogP contribution in [0.25, 0.3) is 0 Å². The molecule has 70 valence electrons. The van der Waals surface area contributed by atoms with Gasteiger partial charge in [-0.3, -0.25) is 0 Å². The van der Waals surface area contributed by atoms with Crippen molar-refractivity contribution in [3.05, 3.63) is 33.9 Å². The van der Waals surface area contributed by atoms with Crippen LogP contribution >= 0.6 is 0 Å². The number of rotatable bonds is 1. The molecule has 0 saturated heterocycles. The first-order valence-corrected chi connectivity index (χ1v) is 4.26. The third-order valence-corrected chi connectivity index (χ3v) is 2.58. The number of carbonyl (C=O) groups is 1. The van der Waals surface area contributed by atoms with Gasteiger partial charge in [-0.15, -0.1) is 0 Å². The molecule has 1 rings (SSSR count). The fraction of sp³-hybridized carbons (Fsp3) is 0.364. The zero-order valence-electron chi connectivity index (χ0n) is 8.43. The van der Waals surface area contributed by atoms with E-state index in [9.17, 15) is 4.79 Å².